The van der Waals surface area contributed by atoms with E-state index >= 15 is 0 Å². The minimum absolute atomic E-state index is 0.225. The van der Waals surface area contributed by atoms with Crippen molar-refractivity contribution in [2.75, 3.05) is 11.4 Å². The predicted molar refractivity (Wildman–Crippen MR) is 134 cm³/mol. The first kappa shape index (κ1) is 26.0. The number of aryl methyl sites for hydroxylation is 2. The number of aromatic amines is 1. The number of aliphatic carboxylic acids is 2. The predicted octanol–water partition coefficient (Wildman–Crippen LogP) is 2.23. The van der Waals surface area contributed by atoms with E-state index in [4.69, 9.17) is 11.5 Å². The first-order valence-electron chi connectivity index (χ1n) is 11.1. The summed E-state index contributed by atoms with van der Waals surface area (Å²) in [6, 6.07) is 9.13. The Bertz CT molecular complexity index is 1420. The number of carbonyl (C=O) groups is 3. The Morgan fingerprint density at radius 2 is 1.92 bits per heavy atom. The van der Waals surface area contributed by atoms with Gasteiger partial charge in [0.15, 0.2) is 0 Å². The molecule has 3 rings (SSSR count). The Hall–Kier alpha value is -4.65. The summed E-state index contributed by atoms with van der Waals surface area (Å²) in [5.41, 5.74) is 2.80. The third-order valence-electron chi connectivity index (χ3n) is 5.61. The maximum Gasteiger partial charge on any atom is 0.326 e. The molecule has 0 saturated heterocycles. The molecular formula is C26H26N4O6. The summed E-state index contributed by atoms with van der Waals surface area (Å²) in [7, 11) is 0. The van der Waals surface area contributed by atoms with Crippen LogP contribution in [0.5, 0.6) is 0 Å². The highest BCUT2D eigenvalue weighted by Crippen LogP contribution is 2.22. The van der Waals surface area contributed by atoms with Gasteiger partial charge < -0.3 is 25.4 Å². The number of hydrogen-bond donors (Lipinski definition) is 4. The average Bonchev–Trinajstić information content (AvgIpc) is 2.81. The van der Waals surface area contributed by atoms with Gasteiger partial charge >= 0.3 is 11.9 Å². The first-order valence-corrected chi connectivity index (χ1v) is 11.1. The van der Waals surface area contributed by atoms with Crippen molar-refractivity contribution in [2.45, 2.75) is 39.3 Å². The number of amides is 1. The van der Waals surface area contributed by atoms with E-state index in [2.05, 4.69) is 21.2 Å². The molecule has 1 unspecified atom stereocenters. The SMILES string of the molecule is C#CCN(Cc1ccc2nc(C)[nH]c(=O)c2c1)c1ccc(C(=O)NC(CCC(=O)O)C(=O)O)c(C)c1. The van der Waals surface area contributed by atoms with Gasteiger partial charge in [-0.05, 0) is 61.7 Å². The molecule has 1 atom stereocenters. The number of aromatic nitrogens is 2. The second-order valence-electron chi connectivity index (χ2n) is 8.36. The maximum atomic E-state index is 12.7. The molecule has 0 saturated carbocycles. The monoisotopic (exact) mass is 490 g/mol. The Morgan fingerprint density at radius 1 is 1.17 bits per heavy atom. The van der Waals surface area contributed by atoms with Crippen LogP contribution in [0.2, 0.25) is 0 Å². The van der Waals surface area contributed by atoms with Crippen LogP contribution in [0.25, 0.3) is 10.9 Å². The highest BCUT2D eigenvalue weighted by Gasteiger charge is 2.22. The van der Waals surface area contributed by atoms with Gasteiger partial charge in [-0.25, -0.2) is 9.78 Å². The first-order chi connectivity index (χ1) is 17.1. The van der Waals surface area contributed by atoms with E-state index in [9.17, 15) is 24.3 Å². The number of carbonyl (C=O) groups excluding carboxylic acids is 1. The van der Waals surface area contributed by atoms with Crippen molar-refractivity contribution in [3.05, 3.63) is 69.3 Å². The van der Waals surface area contributed by atoms with Gasteiger partial charge in [0.1, 0.15) is 11.9 Å². The van der Waals surface area contributed by atoms with Crippen molar-refractivity contribution in [1.82, 2.24) is 15.3 Å². The highest BCUT2D eigenvalue weighted by molar-refractivity contribution is 5.98. The van der Waals surface area contributed by atoms with Crippen molar-refractivity contribution < 1.29 is 24.6 Å². The highest BCUT2D eigenvalue weighted by atomic mass is 16.4. The Balaban J connectivity index is 1.82. The number of anilines is 1. The van der Waals surface area contributed by atoms with Gasteiger partial charge in [0.2, 0.25) is 0 Å². The smallest absolute Gasteiger partial charge is 0.326 e. The lowest BCUT2D eigenvalue weighted by molar-refractivity contribution is -0.140. The summed E-state index contributed by atoms with van der Waals surface area (Å²) >= 11 is 0. The van der Waals surface area contributed by atoms with Crippen LogP contribution in [0.15, 0.2) is 41.2 Å². The van der Waals surface area contributed by atoms with Gasteiger partial charge in [0.25, 0.3) is 11.5 Å². The largest absolute Gasteiger partial charge is 0.481 e. The minimum atomic E-state index is -1.32. The van der Waals surface area contributed by atoms with E-state index in [0.29, 0.717) is 28.8 Å². The summed E-state index contributed by atoms with van der Waals surface area (Å²) in [6.45, 7) is 4.09. The zero-order chi connectivity index (χ0) is 26.4. The molecule has 0 aliphatic rings. The number of carboxylic acids is 2. The van der Waals surface area contributed by atoms with E-state index in [1.807, 2.05) is 11.0 Å². The van der Waals surface area contributed by atoms with Crippen LogP contribution in [0.1, 0.15) is 40.2 Å². The molecule has 0 bridgehead atoms. The van der Waals surface area contributed by atoms with E-state index < -0.39 is 23.9 Å². The van der Waals surface area contributed by atoms with Gasteiger partial charge in [-0.3, -0.25) is 14.4 Å². The molecule has 2 aromatic carbocycles. The van der Waals surface area contributed by atoms with Gasteiger partial charge in [0, 0.05) is 24.2 Å². The topological polar surface area (TPSA) is 153 Å². The molecule has 1 aromatic heterocycles. The summed E-state index contributed by atoms with van der Waals surface area (Å²) < 4.78 is 0. The van der Waals surface area contributed by atoms with E-state index in [0.717, 1.165) is 11.3 Å². The molecular weight excluding hydrogens is 464 g/mol. The molecule has 1 heterocycles. The fourth-order valence-electron chi connectivity index (χ4n) is 3.83. The number of fused-ring (bicyclic) bond motifs is 1. The fraction of sp³-hybridized carbons (Fsp3) is 0.269. The molecule has 4 N–H and O–H groups in total. The van der Waals surface area contributed by atoms with Gasteiger partial charge in [-0.1, -0.05) is 12.0 Å². The van der Waals surface area contributed by atoms with Crippen LogP contribution in [0, 0.1) is 26.2 Å². The van der Waals surface area contributed by atoms with Crippen molar-refractivity contribution in [3.63, 3.8) is 0 Å². The van der Waals surface area contributed by atoms with Gasteiger partial charge in [0.05, 0.1) is 17.4 Å². The molecule has 0 fully saturated rings. The minimum Gasteiger partial charge on any atom is -0.481 e. The van der Waals surface area contributed by atoms with E-state index in [1.165, 1.54) is 0 Å². The van der Waals surface area contributed by atoms with Crippen molar-refractivity contribution >= 4 is 34.4 Å². The molecule has 186 valence electrons. The zero-order valence-electron chi connectivity index (χ0n) is 19.9. The van der Waals surface area contributed by atoms with Crippen LogP contribution in [-0.4, -0.2) is 50.6 Å². The van der Waals surface area contributed by atoms with Crippen molar-refractivity contribution in [2.24, 2.45) is 0 Å². The zero-order valence-corrected chi connectivity index (χ0v) is 19.9. The summed E-state index contributed by atoms with van der Waals surface area (Å²) in [4.78, 5) is 56.1. The number of H-pyrrole nitrogens is 1. The number of nitrogens with zero attached hydrogens (tertiary/aromatic N) is 2. The molecule has 1 amide bonds. The second kappa shape index (κ2) is 11.2. The molecule has 10 heteroatoms. The Kier molecular flexibility index (Phi) is 8.07. The summed E-state index contributed by atoms with van der Waals surface area (Å²) in [6.07, 6.45) is 4.97. The van der Waals surface area contributed by atoms with Crippen LogP contribution in [0.3, 0.4) is 0 Å². The molecule has 0 aliphatic heterocycles. The van der Waals surface area contributed by atoms with E-state index in [1.54, 1.807) is 44.2 Å². The second-order valence-corrected chi connectivity index (χ2v) is 8.36. The molecule has 0 spiro atoms. The molecule has 0 radical (unpaired) electrons. The van der Waals surface area contributed by atoms with Crippen LogP contribution < -0.4 is 15.8 Å². The fourth-order valence-corrected chi connectivity index (χ4v) is 3.83. The van der Waals surface area contributed by atoms with Crippen molar-refractivity contribution in [1.29, 1.82) is 0 Å². The lowest BCUT2D eigenvalue weighted by Crippen LogP contribution is -2.41. The number of terminal acetylenes is 1. The molecule has 3 aromatic rings. The van der Waals surface area contributed by atoms with E-state index in [-0.39, 0.29) is 30.5 Å². The summed E-state index contributed by atoms with van der Waals surface area (Å²) in [5.74, 6) is 0.0800. The molecule has 0 aliphatic carbocycles. The standard InChI is InChI=1S/C26H26N4O6/c1-4-11-30(14-17-5-8-21-20(13-17)25(34)28-16(3)27-21)18-6-7-19(15(2)12-18)24(33)29-22(26(35)36)9-10-23(31)32/h1,5-8,12-13,22H,9-11,14H2,2-3H3,(H,29,33)(H,31,32)(H,35,36)(H,27,28,34). The number of benzene rings is 2. The summed E-state index contributed by atoms with van der Waals surface area (Å²) in [5, 5.41) is 21.0. The number of rotatable bonds is 10. The quantitative estimate of drug-likeness (QED) is 0.316. The molecule has 36 heavy (non-hydrogen) atoms. The lowest BCUT2D eigenvalue weighted by Gasteiger charge is -2.24. The van der Waals surface area contributed by atoms with Gasteiger partial charge in [-0.15, -0.1) is 6.42 Å². The lowest BCUT2D eigenvalue weighted by atomic mass is 10.0. The molecule has 10 nitrogen and oxygen atoms in total. The number of nitrogens with one attached hydrogen (secondary N) is 2. The Labute approximate surface area is 207 Å². The number of hydrogen-bond acceptors (Lipinski definition) is 6. The third kappa shape index (κ3) is 6.27. The average molecular weight is 491 g/mol. The number of carboxylic acid groups (broad SMARTS) is 2. The van der Waals surface area contributed by atoms with Crippen LogP contribution in [-0.2, 0) is 16.1 Å². The Morgan fingerprint density at radius 3 is 2.56 bits per heavy atom. The van der Waals surface area contributed by atoms with Crippen molar-refractivity contribution in [3.8, 4) is 12.3 Å². The van der Waals surface area contributed by atoms with Crippen LogP contribution in [0.4, 0.5) is 5.69 Å². The van der Waals surface area contributed by atoms with Crippen LogP contribution >= 0.6 is 0 Å². The van der Waals surface area contributed by atoms with Gasteiger partial charge in [-0.2, -0.15) is 0 Å². The maximum absolute atomic E-state index is 12.7. The normalized spacial score (nSPS) is 11.5. The third-order valence-corrected chi connectivity index (χ3v) is 5.61.